The minimum Gasteiger partial charge on any atom is -0.478 e. The van der Waals surface area contributed by atoms with Crippen molar-refractivity contribution in [3.8, 4) is 0 Å². The first-order chi connectivity index (χ1) is 28.0. The fourth-order valence-electron chi connectivity index (χ4n) is 8.18. The molecule has 0 spiro atoms. The Hall–Kier alpha value is -2.36. The van der Waals surface area contributed by atoms with Gasteiger partial charge in [-0.1, -0.05) is 191 Å². The van der Waals surface area contributed by atoms with E-state index in [-0.39, 0.29) is 5.57 Å². The van der Waals surface area contributed by atoms with Gasteiger partial charge < -0.3 is 10.2 Å². The van der Waals surface area contributed by atoms with Crippen molar-refractivity contribution in [2.75, 3.05) is 0 Å². The third-order valence-corrected chi connectivity index (χ3v) is 12.0. The van der Waals surface area contributed by atoms with Gasteiger partial charge in [-0.15, -0.1) is 0 Å². The molecule has 0 radical (unpaired) electrons. The first-order valence-electron chi connectivity index (χ1n) is 24.8. The Morgan fingerprint density at radius 3 is 0.842 bits per heavy atom. The lowest BCUT2D eigenvalue weighted by molar-refractivity contribution is -0.133. The Labute approximate surface area is 353 Å². The minimum atomic E-state index is -0.988. The highest BCUT2D eigenvalue weighted by molar-refractivity contribution is 5.90. The molecule has 0 atom stereocenters. The van der Waals surface area contributed by atoms with Gasteiger partial charge in [-0.2, -0.15) is 0 Å². The number of hydrogen-bond acceptors (Lipinski definition) is 2. The van der Waals surface area contributed by atoms with Crippen molar-refractivity contribution in [3.05, 3.63) is 59.3 Å². The van der Waals surface area contributed by atoms with Gasteiger partial charge in [-0.25, -0.2) is 9.59 Å². The van der Waals surface area contributed by atoms with Gasteiger partial charge >= 0.3 is 11.9 Å². The molecule has 57 heavy (non-hydrogen) atoms. The zero-order valence-corrected chi connectivity index (χ0v) is 37.5. The molecule has 2 N–H and O–H groups in total. The van der Waals surface area contributed by atoms with Crippen LogP contribution in [-0.4, -0.2) is 22.2 Å². The van der Waals surface area contributed by atoms with Crippen molar-refractivity contribution < 1.29 is 19.8 Å². The Balaban J connectivity index is 0.000000394. The molecule has 0 fully saturated rings. The van der Waals surface area contributed by atoms with Gasteiger partial charge in [0.1, 0.15) is 0 Å². The van der Waals surface area contributed by atoms with E-state index in [2.05, 4.69) is 36.5 Å². The SMILES string of the molecule is C1=C\CCCCCCCCCC/1.C1=C\CCCCCCCCCC/1.C1=C\CCCCCCCCCC/1.CC(=C/C1=C(\C(=O)O)CCCCCCCCCC1)C(=O)O. The predicted molar refractivity (Wildman–Crippen MR) is 248 cm³/mol. The zero-order valence-electron chi connectivity index (χ0n) is 37.5. The molecule has 0 aromatic heterocycles. The molecule has 0 bridgehead atoms. The van der Waals surface area contributed by atoms with Gasteiger partial charge in [0.2, 0.25) is 0 Å². The van der Waals surface area contributed by atoms with Crippen molar-refractivity contribution >= 4 is 11.9 Å². The topological polar surface area (TPSA) is 74.6 Å². The number of carboxylic acid groups (broad SMARTS) is 2. The fourth-order valence-corrected chi connectivity index (χ4v) is 8.18. The van der Waals surface area contributed by atoms with E-state index in [4.69, 9.17) is 5.11 Å². The zero-order chi connectivity index (χ0) is 41.1. The highest BCUT2D eigenvalue weighted by Gasteiger charge is 2.15. The number of carbonyl (C=O) groups is 2. The average molecular weight is 793 g/mol. The van der Waals surface area contributed by atoms with Gasteiger partial charge in [-0.05, 0) is 121 Å². The van der Waals surface area contributed by atoms with Crippen molar-refractivity contribution in [1.82, 2.24) is 0 Å². The van der Waals surface area contributed by atoms with Crippen molar-refractivity contribution in [3.63, 3.8) is 0 Å². The van der Waals surface area contributed by atoms with E-state index in [1.165, 1.54) is 219 Å². The van der Waals surface area contributed by atoms with Crippen LogP contribution in [0.15, 0.2) is 59.3 Å². The molecule has 0 aromatic carbocycles. The molecule has 4 rings (SSSR count). The van der Waals surface area contributed by atoms with Crippen LogP contribution in [0.25, 0.3) is 0 Å². The molecule has 328 valence electrons. The average Bonchev–Trinajstić information content (AvgIpc) is 3.17. The van der Waals surface area contributed by atoms with Crippen LogP contribution in [0, 0.1) is 0 Å². The summed E-state index contributed by atoms with van der Waals surface area (Å²) in [5.41, 5.74) is 1.30. The molecule has 0 aliphatic heterocycles. The second-order valence-electron chi connectivity index (χ2n) is 17.4. The Kier molecular flexibility index (Phi) is 38.6. The van der Waals surface area contributed by atoms with Crippen LogP contribution < -0.4 is 0 Å². The lowest BCUT2D eigenvalue weighted by atomic mass is 9.93. The highest BCUT2D eigenvalue weighted by Crippen LogP contribution is 2.24. The molecule has 0 unspecified atom stereocenters. The summed E-state index contributed by atoms with van der Waals surface area (Å²) in [4.78, 5) is 22.5. The summed E-state index contributed by atoms with van der Waals surface area (Å²) < 4.78 is 0. The molecule has 4 nitrogen and oxygen atoms in total. The van der Waals surface area contributed by atoms with E-state index in [1.807, 2.05) is 0 Å². The summed E-state index contributed by atoms with van der Waals surface area (Å²) in [6, 6.07) is 0. The summed E-state index contributed by atoms with van der Waals surface area (Å²) in [5, 5.41) is 18.4. The molecule has 4 aliphatic carbocycles. The fraction of sp³-hybridized carbons (Fsp3) is 0.774. The van der Waals surface area contributed by atoms with E-state index in [0.29, 0.717) is 24.0 Å². The largest absolute Gasteiger partial charge is 0.478 e. The van der Waals surface area contributed by atoms with Crippen LogP contribution in [0.1, 0.15) is 264 Å². The maximum Gasteiger partial charge on any atom is 0.331 e. The summed E-state index contributed by atoms with van der Waals surface area (Å²) in [6.45, 7) is 1.52. The third kappa shape index (κ3) is 36.5. The number of allylic oxidation sites excluding steroid dienone is 8. The summed E-state index contributed by atoms with van der Waals surface area (Å²) >= 11 is 0. The lowest BCUT2D eigenvalue weighted by Gasteiger charge is -2.12. The van der Waals surface area contributed by atoms with Crippen LogP contribution in [-0.2, 0) is 9.59 Å². The first kappa shape index (κ1) is 52.7. The van der Waals surface area contributed by atoms with E-state index in [1.54, 1.807) is 6.08 Å². The van der Waals surface area contributed by atoms with Gasteiger partial charge in [0.25, 0.3) is 0 Å². The maximum absolute atomic E-state index is 11.5. The second-order valence-corrected chi connectivity index (χ2v) is 17.4. The number of hydrogen-bond donors (Lipinski definition) is 2. The maximum atomic E-state index is 11.5. The molecule has 0 heterocycles. The summed E-state index contributed by atoms with van der Waals surface area (Å²) in [6.07, 6.45) is 68.5. The van der Waals surface area contributed by atoms with E-state index >= 15 is 0 Å². The van der Waals surface area contributed by atoms with E-state index in [9.17, 15) is 14.7 Å². The van der Waals surface area contributed by atoms with E-state index in [0.717, 1.165) is 32.1 Å². The van der Waals surface area contributed by atoms with Gasteiger partial charge in [0.05, 0.1) is 0 Å². The van der Waals surface area contributed by atoms with E-state index < -0.39 is 11.9 Å². The monoisotopic (exact) mass is 793 g/mol. The normalized spacial score (nSPS) is 24.5. The first-order valence-corrected chi connectivity index (χ1v) is 24.8. The highest BCUT2D eigenvalue weighted by atomic mass is 16.4. The third-order valence-electron chi connectivity index (χ3n) is 12.0. The molecule has 0 saturated carbocycles. The Morgan fingerprint density at radius 2 is 0.596 bits per heavy atom. The molecular formula is C53H92O4. The van der Waals surface area contributed by atoms with Crippen molar-refractivity contribution in [2.24, 2.45) is 0 Å². The van der Waals surface area contributed by atoms with Gasteiger partial charge in [-0.3, -0.25) is 0 Å². The summed E-state index contributed by atoms with van der Waals surface area (Å²) in [5.74, 6) is -1.89. The number of rotatable bonds is 3. The Bertz CT molecular complexity index is 979. The van der Waals surface area contributed by atoms with Crippen LogP contribution in [0.4, 0.5) is 0 Å². The molecule has 4 aliphatic rings. The van der Waals surface area contributed by atoms with Crippen LogP contribution in [0.3, 0.4) is 0 Å². The Morgan fingerprint density at radius 1 is 0.368 bits per heavy atom. The van der Waals surface area contributed by atoms with Gasteiger partial charge in [0, 0.05) is 11.1 Å². The standard InChI is InChI=1S/C17H26O4.3C12H22/c1-13(16(18)19)12-14-10-8-6-4-2-3-5-7-9-11-15(14)17(20)21;3*1-2-4-6-8-10-12-11-9-7-5-3-1/h12H,2-11H2,1H3,(H,18,19)(H,20,21);3*1-2H,3-12H2/b13-12?,15-14-;3*2-1-. The van der Waals surface area contributed by atoms with Gasteiger partial charge in [0.15, 0.2) is 0 Å². The van der Waals surface area contributed by atoms with Crippen molar-refractivity contribution in [2.45, 2.75) is 264 Å². The van der Waals surface area contributed by atoms with Crippen LogP contribution in [0.5, 0.6) is 0 Å². The molecule has 4 heteroatoms. The molecule has 0 saturated heterocycles. The second kappa shape index (κ2) is 41.8. The minimum absolute atomic E-state index is 0.204. The molecular weight excluding hydrogens is 701 g/mol. The molecule has 0 amide bonds. The van der Waals surface area contributed by atoms with Crippen LogP contribution in [0.2, 0.25) is 0 Å². The smallest absolute Gasteiger partial charge is 0.331 e. The van der Waals surface area contributed by atoms with Crippen LogP contribution >= 0.6 is 0 Å². The molecule has 0 aromatic rings. The quantitative estimate of drug-likeness (QED) is 0.220. The summed E-state index contributed by atoms with van der Waals surface area (Å²) in [7, 11) is 0. The lowest BCUT2D eigenvalue weighted by Crippen LogP contribution is -2.06. The van der Waals surface area contributed by atoms with Crippen molar-refractivity contribution in [1.29, 1.82) is 0 Å². The predicted octanol–water partition coefficient (Wildman–Crippen LogP) is 17.7. The number of aliphatic carboxylic acids is 2. The number of carboxylic acids is 2.